The quantitative estimate of drug-likeness (QED) is 0.133. The van der Waals surface area contributed by atoms with Gasteiger partial charge in [0.25, 0.3) is 0 Å². The van der Waals surface area contributed by atoms with E-state index in [2.05, 4.69) is 4.74 Å². The summed E-state index contributed by atoms with van der Waals surface area (Å²) in [7, 11) is 0. The summed E-state index contributed by atoms with van der Waals surface area (Å²) in [6, 6.07) is 8.03. The van der Waals surface area contributed by atoms with Crippen molar-refractivity contribution in [1.29, 1.82) is 0 Å². The minimum Gasteiger partial charge on any atom is -0.447 e. The number of benzene rings is 1. The summed E-state index contributed by atoms with van der Waals surface area (Å²) in [6.45, 7) is -7.16. The van der Waals surface area contributed by atoms with Crippen molar-refractivity contribution in [3.63, 3.8) is 0 Å². The second-order valence-electron chi connectivity index (χ2n) is 10.5. The first kappa shape index (κ1) is 46.0. The van der Waals surface area contributed by atoms with Crippen LogP contribution in [0.2, 0.25) is 0 Å². The van der Waals surface area contributed by atoms with E-state index in [9.17, 15) is 99.2 Å². The van der Waals surface area contributed by atoms with Crippen LogP contribution in [0.1, 0.15) is 12.0 Å². The average Bonchev–Trinajstić information content (AvgIpc) is 3.04. The minimum atomic E-state index is -8.78. The zero-order valence-electron chi connectivity index (χ0n) is 25.2. The minimum absolute atomic E-state index is 0.241. The molecule has 0 saturated carbocycles. The van der Waals surface area contributed by atoms with E-state index in [1.807, 2.05) is 10.6 Å². The first-order valence-electron chi connectivity index (χ1n) is 13.4. The van der Waals surface area contributed by atoms with Gasteiger partial charge in [0, 0.05) is 13.0 Å². The third-order valence-electron chi connectivity index (χ3n) is 6.59. The molecule has 0 bridgehead atoms. The molecule has 0 aliphatic heterocycles. The van der Waals surface area contributed by atoms with Crippen molar-refractivity contribution in [2.45, 2.75) is 66.2 Å². The van der Waals surface area contributed by atoms with Crippen LogP contribution in [-0.2, 0) is 20.9 Å². The molecule has 1 aromatic rings. The van der Waals surface area contributed by atoms with E-state index in [0.29, 0.717) is 5.56 Å². The smallest absolute Gasteiger partial charge is 0.447 e. The van der Waals surface area contributed by atoms with Crippen molar-refractivity contribution in [2.24, 2.45) is 0 Å². The maximum Gasteiger partial charge on any atom is 0.460 e. The van der Waals surface area contributed by atoms with Crippen LogP contribution in [0.25, 0.3) is 0 Å². The highest BCUT2D eigenvalue weighted by atomic mass is 19.4. The Morgan fingerprint density at radius 1 is 0.596 bits per heavy atom. The monoisotopic (exact) mass is 801 g/mol. The molecule has 27 heteroatoms. The first-order valence-corrected chi connectivity index (χ1v) is 13.4. The number of nitrogens with one attached hydrogen (secondary N) is 3. The molecule has 0 spiro atoms. The van der Waals surface area contributed by atoms with Gasteiger partial charge in [-0.05, 0) is 5.56 Å². The molecule has 0 aliphatic carbocycles. The number of carbonyl (C=O) groups is 3. The number of halogens is 17. The molecule has 0 aliphatic rings. The topological polar surface area (TPSA) is 146 Å². The molecule has 0 atom stereocenters. The number of carbonyl (C=O) groups excluding carboxylic acids is 3. The third kappa shape index (κ3) is 9.11. The molecule has 0 saturated heterocycles. The Kier molecular flexibility index (Phi) is 14.1. The van der Waals surface area contributed by atoms with Crippen LogP contribution in [0.15, 0.2) is 30.3 Å². The molecular weight excluding hydrogens is 777 g/mol. The molecule has 10 nitrogen and oxygen atoms in total. The van der Waals surface area contributed by atoms with Gasteiger partial charge in [0.05, 0.1) is 13.2 Å². The van der Waals surface area contributed by atoms with Gasteiger partial charge in [0.2, 0.25) is 5.91 Å². The van der Waals surface area contributed by atoms with E-state index in [-0.39, 0.29) is 6.61 Å². The van der Waals surface area contributed by atoms with Crippen molar-refractivity contribution >= 4 is 18.1 Å². The van der Waals surface area contributed by atoms with Crippen LogP contribution in [0.5, 0.6) is 0 Å². The third-order valence-corrected chi connectivity index (χ3v) is 6.59. The zero-order chi connectivity index (χ0) is 40.8. The number of aliphatic hydroxyl groups is 2. The number of alkyl carbamates (subject to hydrolysis) is 2. The highest BCUT2D eigenvalue weighted by molar-refractivity contribution is 5.82. The van der Waals surface area contributed by atoms with Crippen LogP contribution in [0, 0.1) is 0 Å². The van der Waals surface area contributed by atoms with Gasteiger partial charge < -0.3 is 35.6 Å². The molecule has 5 N–H and O–H groups in total. The summed E-state index contributed by atoms with van der Waals surface area (Å²) in [6.07, 6.45) is -14.1. The standard InChI is InChI=1S/C25H24F17N3O7/c26-18(27,19(28,29)20(30,31)21(32,33)22(34,35)23(36,37)24(38,39)25(40,41)42)6-7-43-15(49)52-12-17(10-46,11-47)45-14(48)8-44-16(50)51-9-13-4-2-1-3-5-13/h1-5,46-47H,6-12H2,(H,43,49)(H,44,50)(H,45,48). The van der Waals surface area contributed by atoms with Gasteiger partial charge >= 0.3 is 59.8 Å². The van der Waals surface area contributed by atoms with Gasteiger partial charge in [0.15, 0.2) is 0 Å². The van der Waals surface area contributed by atoms with Gasteiger partial charge in [-0.25, -0.2) is 9.59 Å². The number of alkyl halides is 17. The summed E-state index contributed by atoms with van der Waals surface area (Å²) >= 11 is 0. The Hall–Kier alpha value is -4.04. The highest BCUT2D eigenvalue weighted by Gasteiger charge is 2.95. The molecule has 0 radical (unpaired) electrons. The number of amides is 3. The Labute approximate surface area is 278 Å². The number of aliphatic hydroxyl groups excluding tert-OH is 2. The second-order valence-corrected chi connectivity index (χ2v) is 10.5. The zero-order valence-corrected chi connectivity index (χ0v) is 25.2. The van der Waals surface area contributed by atoms with Crippen molar-refractivity contribution in [3.8, 4) is 0 Å². The summed E-state index contributed by atoms with van der Waals surface area (Å²) in [5.74, 6) is -58.9. The number of rotatable bonds is 18. The Bertz CT molecular complexity index is 1380. The fraction of sp³-hybridized carbons (Fsp3) is 0.640. The molecule has 0 heterocycles. The predicted octanol–water partition coefficient (Wildman–Crippen LogP) is 4.88. The van der Waals surface area contributed by atoms with Gasteiger partial charge in [-0.3, -0.25) is 4.79 Å². The lowest BCUT2D eigenvalue weighted by atomic mass is 9.88. The molecule has 52 heavy (non-hydrogen) atoms. The van der Waals surface area contributed by atoms with Crippen LogP contribution in [-0.4, -0.2) is 114 Å². The van der Waals surface area contributed by atoms with Crippen LogP contribution < -0.4 is 16.0 Å². The van der Waals surface area contributed by atoms with Crippen molar-refractivity contribution in [1.82, 2.24) is 16.0 Å². The van der Waals surface area contributed by atoms with Crippen LogP contribution in [0.3, 0.4) is 0 Å². The average molecular weight is 801 g/mol. The van der Waals surface area contributed by atoms with E-state index < -0.39 is 111 Å². The maximum atomic E-state index is 14.0. The van der Waals surface area contributed by atoms with Crippen molar-refractivity contribution in [3.05, 3.63) is 35.9 Å². The van der Waals surface area contributed by atoms with Crippen molar-refractivity contribution in [2.75, 3.05) is 32.9 Å². The molecule has 0 fully saturated rings. The fourth-order valence-corrected chi connectivity index (χ4v) is 3.45. The van der Waals surface area contributed by atoms with Gasteiger partial charge in [0.1, 0.15) is 25.3 Å². The molecular formula is C25H24F17N3O7. The van der Waals surface area contributed by atoms with E-state index in [1.54, 1.807) is 30.3 Å². The SMILES string of the molecule is O=C(CNC(=O)OCc1ccccc1)NC(CO)(CO)COC(=O)NCCC(F)(F)C(F)(F)C(F)(F)C(F)(F)C(F)(F)C(F)(F)C(F)(F)C(F)(F)F. The lowest BCUT2D eigenvalue weighted by Gasteiger charge is -2.42. The lowest BCUT2D eigenvalue weighted by Crippen LogP contribution is -2.74. The molecule has 0 aromatic heterocycles. The summed E-state index contributed by atoms with van der Waals surface area (Å²) in [4.78, 5) is 35.7. The Morgan fingerprint density at radius 3 is 1.50 bits per heavy atom. The number of hydrogen-bond donors (Lipinski definition) is 5. The van der Waals surface area contributed by atoms with Gasteiger partial charge in [-0.2, -0.15) is 74.6 Å². The van der Waals surface area contributed by atoms with Gasteiger partial charge in [-0.1, -0.05) is 30.3 Å². The fourth-order valence-electron chi connectivity index (χ4n) is 3.45. The first-order chi connectivity index (χ1) is 23.3. The van der Waals surface area contributed by atoms with E-state index >= 15 is 0 Å². The van der Waals surface area contributed by atoms with E-state index in [0.717, 1.165) is 5.32 Å². The second kappa shape index (κ2) is 15.9. The van der Waals surface area contributed by atoms with Crippen LogP contribution >= 0.6 is 0 Å². The Morgan fingerprint density at radius 2 is 1.04 bits per heavy atom. The predicted molar refractivity (Wildman–Crippen MR) is 134 cm³/mol. The molecule has 1 aromatic carbocycles. The Balaban J connectivity index is 2.90. The summed E-state index contributed by atoms with van der Waals surface area (Å²) in [5.41, 5.74) is -1.82. The van der Waals surface area contributed by atoms with Crippen molar-refractivity contribution < 1.29 is 109 Å². The van der Waals surface area contributed by atoms with Gasteiger partial charge in [-0.15, -0.1) is 0 Å². The highest BCUT2D eigenvalue weighted by Crippen LogP contribution is 2.64. The number of ether oxygens (including phenoxy) is 2. The van der Waals surface area contributed by atoms with E-state index in [1.165, 1.54) is 0 Å². The maximum absolute atomic E-state index is 14.0. The molecule has 1 rings (SSSR count). The molecule has 0 unspecified atom stereocenters. The molecule has 3 amide bonds. The molecule has 300 valence electrons. The summed E-state index contributed by atoms with van der Waals surface area (Å²) in [5, 5.41) is 23.9. The number of hydrogen-bond acceptors (Lipinski definition) is 7. The van der Waals surface area contributed by atoms with Crippen LogP contribution in [0.4, 0.5) is 84.2 Å². The normalized spacial score (nSPS) is 14.1. The van der Waals surface area contributed by atoms with E-state index in [4.69, 9.17) is 4.74 Å². The lowest BCUT2D eigenvalue weighted by molar-refractivity contribution is -0.461. The largest absolute Gasteiger partial charge is 0.460 e. The summed E-state index contributed by atoms with van der Waals surface area (Å²) < 4.78 is 236.